The standard InChI is InChI=1S/C12H19ClN4O3S/c1-12(2,11(18)15-4)7-17-21(19,20)8-5-9(13)10(14-3)16-6-8/h5-6,17H,7H2,1-4H3,(H,14,16)(H,15,18). The molecule has 1 aromatic rings. The molecule has 0 aliphatic carbocycles. The minimum atomic E-state index is -3.79. The number of sulfonamides is 1. The topological polar surface area (TPSA) is 100 Å². The summed E-state index contributed by atoms with van der Waals surface area (Å²) in [5.74, 6) is 0.133. The Morgan fingerprint density at radius 2 is 2.00 bits per heavy atom. The number of nitrogens with zero attached hydrogens (tertiary/aromatic N) is 1. The van der Waals surface area contributed by atoms with Crippen LogP contribution in [0.5, 0.6) is 0 Å². The van der Waals surface area contributed by atoms with Crippen LogP contribution in [-0.2, 0) is 14.8 Å². The summed E-state index contributed by atoms with van der Waals surface area (Å²) in [6, 6.07) is 1.30. The molecule has 118 valence electrons. The lowest BCUT2D eigenvalue weighted by Crippen LogP contribution is -2.43. The highest BCUT2D eigenvalue weighted by Gasteiger charge is 2.29. The van der Waals surface area contributed by atoms with E-state index in [0.717, 1.165) is 0 Å². The van der Waals surface area contributed by atoms with Gasteiger partial charge in [0.25, 0.3) is 0 Å². The third-order valence-corrected chi connectivity index (χ3v) is 4.57. The SMILES string of the molecule is CNC(=O)C(C)(C)CNS(=O)(=O)c1cnc(NC)c(Cl)c1. The molecule has 21 heavy (non-hydrogen) atoms. The van der Waals surface area contributed by atoms with Gasteiger partial charge in [-0.1, -0.05) is 11.6 Å². The Bertz CT molecular complexity index is 631. The molecule has 1 rings (SSSR count). The molecule has 1 amide bonds. The molecule has 3 N–H and O–H groups in total. The van der Waals surface area contributed by atoms with Gasteiger partial charge in [-0.15, -0.1) is 0 Å². The van der Waals surface area contributed by atoms with Crippen LogP contribution in [0.15, 0.2) is 17.2 Å². The fraction of sp³-hybridized carbons (Fsp3) is 0.500. The third-order valence-electron chi connectivity index (χ3n) is 2.91. The van der Waals surface area contributed by atoms with E-state index in [9.17, 15) is 13.2 Å². The molecule has 7 nitrogen and oxygen atoms in total. The van der Waals surface area contributed by atoms with Crippen LogP contribution in [0.25, 0.3) is 0 Å². The van der Waals surface area contributed by atoms with Gasteiger partial charge in [-0.25, -0.2) is 18.1 Å². The number of carbonyl (C=O) groups is 1. The van der Waals surface area contributed by atoms with Crippen molar-refractivity contribution < 1.29 is 13.2 Å². The van der Waals surface area contributed by atoms with Crippen molar-refractivity contribution in [2.45, 2.75) is 18.7 Å². The summed E-state index contributed by atoms with van der Waals surface area (Å²) < 4.78 is 26.7. The average Bonchev–Trinajstić information content (AvgIpc) is 2.44. The maximum absolute atomic E-state index is 12.2. The van der Waals surface area contributed by atoms with E-state index < -0.39 is 15.4 Å². The number of halogens is 1. The minimum absolute atomic E-state index is 0.0413. The fourth-order valence-corrected chi connectivity index (χ4v) is 3.04. The molecule has 0 saturated heterocycles. The number of pyridine rings is 1. The van der Waals surface area contributed by atoms with Crippen molar-refractivity contribution in [3.05, 3.63) is 17.3 Å². The van der Waals surface area contributed by atoms with Gasteiger partial charge < -0.3 is 10.6 Å². The number of anilines is 1. The summed E-state index contributed by atoms with van der Waals surface area (Å²) in [6.07, 6.45) is 1.20. The van der Waals surface area contributed by atoms with Crippen molar-refractivity contribution in [2.75, 3.05) is 26.0 Å². The highest BCUT2D eigenvalue weighted by molar-refractivity contribution is 7.89. The predicted molar refractivity (Wildman–Crippen MR) is 81.8 cm³/mol. The van der Waals surface area contributed by atoms with Crippen LogP contribution in [0.4, 0.5) is 5.82 Å². The number of carbonyl (C=O) groups excluding carboxylic acids is 1. The maximum Gasteiger partial charge on any atom is 0.242 e. The zero-order valence-electron chi connectivity index (χ0n) is 12.3. The van der Waals surface area contributed by atoms with Crippen LogP contribution in [-0.4, -0.2) is 39.9 Å². The van der Waals surface area contributed by atoms with E-state index in [2.05, 4.69) is 20.3 Å². The van der Waals surface area contributed by atoms with Gasteiger partial charge in [0.05, 0.1) is 10.4 Å². The van der Waals surface area contributed by atoms with Gasteiger partial charge in [-0.2, -0.15) is 0 Å². The number of amides is 1. The lowest BCUT2D eigenvalue weighted by molar-refractivity contribution is -0.128. The average molecular weight is 335 g/mol. The van der Waals surface area contributed by atoms with E-state index in [1.165, 1.54) is 19.3 Å². The first kappa shape index (κ1) is 17.7. The highest BCUT2D eigenvalue weighted by atomic mass is 35.5. The van der Waals surface area contributed by atoms with Crippen molar-refractivity contribution in [2.24, 2.45) is 5.41 Å². The Morgan fingerprint density at radius 1 is 1.38 bits per heavy atom. The maximum atomic E-state index is 12.2. The predicted octanol–water partition coefficient (Wildman–Crippen LogP) is 0.827. The molecule has 0 aromatic carbocycles. The molecule has 0 bridgehead atoms. The largest absolute Gasteiger partial charge is 0.372 e. The summed E-state index contributed by atoms with van der Waals surface area (Å²) >= 11 is 5.92. The number of hydrogen-bond donors (Lipinski definition) is 3. The van der Waals surface area contributed by atoms with Crippen LogP contribution in [0, 0.1) is 5.41 Å². The molecule has 1 aromatic heterocycles. The summed E-state index contributed by atoms with van der Waals surface area (Å²) in [7, 11) is -0.657. The number of nitrogens with one attached hydrogen (secondary N) is 3. The van der Waals surface area contributed by atoms with Crippen LogP contribution in [0.2, 0.25) is 5.02 Å². The molecule has 0 aliphatic rings. The molecule has 0 radical (unpaired) electrons. The first-order chi connectivity index (χ1) is 9.64. The van der Waals surface area contributed by atoms with Crippen LogP contribution in [0.1, 0.15) is 13.8 Å². The van der Waals surface area contributed by atoms with E-state index in [1.807, 2.05) is 0 Å². The van der Waals surface area contributed by atoms with E-state index in [4.69, 9.17) is 11.6 Å². The highest BCUT2D eigenvalue weighted by Crippen LogP contribution is 2.22. The van der Waals surface area contributed by atoms with Crippen molar-refractivity contribution in [1.82, 2.24) is 15.0 Å². The second kappa shape index (κ2) is 6.59. The normalized spacial score (nSPS) is 12.0. The van der Waals surface area contributed by atoms with E-state index in [1.54, 1.807) is 20.9 Å². The van der Waals surface area contributed by atoms with Crippen LogP contribution >= 0.6 is 11.6 Å². The van der Waals surface area contributed by atoms with Crippen molar-refractivity contribution in [1.29, 1.82) is 0 Å². The second-order valence-electron chi connectivity index (χ2n) is 5.04. The molecular weight excluding hydrogens is 316 g/mol. The monoisotopic (exact) mass is 334 g/mol. The van der Waals surface area contributed by atoms with E-state index >= 15 is 0 Å². The molecule has 0 saturated carbocycles. The Hall–Kier alpha value is -1.38. The Balaban J connectivity index is 2.92. The van der Waals surface area contributed by atoms with E-state index in [0.29, 0.717) is 5.82 Å². The smallest absolute Gasteiger partial charge is 0.242 e. The Kier molecular flexibility index (Phi) is 5.54. The first-order valence-corrected chi connectivity index (χ1v) is 8.05. The molecule has 9 heteroatoms. The van der Waals surface area contributed by atoms with Crippen LogP contribution < -0.4 is 15.4 Å². The second-order valence-corrected chi connectivity index (χ2v) is 7.21. The Morgan fingerprint density at radius 3 is 2.48 bits per heavy atom. The molecule has 0 fully saturated rings. The van der Waals surface area contributed by atoms with Crippen molar-refractivity contribution >= 4 is 33.3 Å². The lowest BCUT2D eigenvalue weighted by atomic mass is 9.93. The lowest BCUT2D eigenvalue weighted by Gasteiger charge is -2.22. The summed E-state index contributed by atoms with van der Waals surface area (Å²) in [5.41, 5.74) is -0.871. The molecule has 0 unspecified atom stereocenters. The van der Waals surface area contributed by atoms with Crippen molar-refractivity contribution in [3.63, 3.8) is 0 Å². The van der Waals surface area contributed by atoms with E-state index in [-0.39, 0.29) is 22.4 Å². The summed E-state index contributed by atoms with van der Waals surface area (Å²) in [4.78, 5) is 15.5. The quantitative estimate of drug-likeness (QED) is 0.715. The minimum Gasteiger partial charge on any atom is -0.372 e. The summed E-state index contributed by atoms with van der Waals surface area (Å²) in [6.45, 7) is 3.24. The zero-order chi connectivity index (χ0) is 16.3. The molecule has 1 heterocycles. The summed E-state index contributed by atoms with van der Waals surface area (Å²) in [5, 5.41) is 5.43. The van der Waals surface area contributed by atoms with Gasteiger partial charge in [0.15, 0.2) is 0 Å². The van der Waals surface area contributed by atoms with Gasteiger partial charge in [-0.05, 0) is 19.9 Å². The Labute approximate surface area is 129 Å². The van der Waals surface area contributed by atoms with Gasteiger partial charge >= 0.3 is 0 Å². The van der Waals surface area contributed by atoms with Gasteiger partial charge in [-0.3, -0.25) is 4.79 Å². The third kappa shape index (κ3) is 4.29. The zero-order valence-corrected chi connectivity index (χ0v) is 13.9. The van der Waals surface area contributed by atoms with Crippen molar-refractivity contribution in [3.8, 4) is 0 Å². The fourth-order valence-electron chi connectivity index (χ4n) is 1.53. The van der Waals surface area contributed by atoms with Crippen LogP contribution in [0.3, 0.4) is 0 Å². The number of aromatic nitrogens is 1. The molecule has 0 aliphatic heterocycles. The van der Waals surface area contributed by atoms with Gasteiger partial charge in [0.2, 0.25) is 15.9 Å². The number of rotatable bonds is 6. The molecular formula is C12H19ClN4O3S. The first-order valence-electron chi connectivity index (χ1n) is 6.19. The molecule has 0 spiro atoms. The van der Waals surface area contributed by atoms with Gasteiger partial charge in [0, 0.05) is 26.8 Å². The molecule has 0 atom stereocenters. The number of hydrogen-bond acceptors (Lipinski definition) is 5. The van der Waals surface area contributed by atoms with Gasteiger partial charge in [0.1, 0.15) is 10.7 Å².